The van der Waals surface area contributed by atoms with Gasteiger partial charge in [-0.05, 0) is 65.1 Å². The van der Waals surface area contributed by atoms with Crippen molar-refractivity contribution in [3.63, 3.8) is 0 Å². The van der Waals surface area contributed by atoms with E-state index in [1.165, 1.54) is 22.2 Å². The van der Waals surface area contributed by atoms with Crippen LogP contribution in [0.25, 0.3) is 27.7 Å². The zero-order valence-corrected chi connectivity index (χ0v) is 16.4. The second-order valence-electron chi connectivity index (χ2n) is 7.39. The van der Waals surface area contributed by atoms with Gasteiger partial charge in [-0.25, -0.2) is 0 Å². The number of aromatic nitrogens is 1. The lowest BCUT2D eigenvalue weighted by atomic mass is 9.99. The van der Waals surface area contributed by atoms with Crippen molar-refractivity contribution in [3.8, 4) is 16.9 Å². The van der Waals surface area contributed by atoms with E-state index in [-0.39, 0.29) is 6.61 Å². The van der Waals surface area contributed by atoms with Gasteiger partial charge in [0.05, 0.1) is 17.6 Å². The predicted molar refractivity (Wildman–Crippen MR) is 118 cm³/mol. The molecular weight excluding hydrogens is 358 g/mol. The third-order valence-electron chi connectivity index (χ3n) is 5.60. The van der Waals surface area contributed by atoms with Gasteiger partial charge in [0.2, 0.25) is 0 Å². The summed E-state index contributed by atoms with van der Waals surface area (Å²) in [6.07, 6.45) is 0.955. The molecule has 0 fully saturated rings. The van der Waals surface area contributed by atoms with E-state index in [4.69, 9.17) is 4.74 Å². The molecule has 0 aliphatic rings. The third-order valence-corrected chi connectivity index (χ3v) is 5.60. The van der Waals surface area contributed by atoms with Gasteiger partial charge < -0.3 is 14.2 Å². The largest absolute Gasteiger partial charge is 0.489 e. The molecule has 1 N–H and O–H groups in total. The average Bonchev–Trinajstić information content (AvgIpc) is 3.34. The summed E-state index contributed by atoms with van der Waals surface area (Å²) in [6, 6.07) is 27.0. The normalized spacial score (nSPS) is 11.5. The lowest BCUT2D eigenvalue weighted by Gasteiger charge is -2.09. The number of aliphatic hydroxyl groups is 1. The Morgan fingerprint density at radius 3 is 2.34 bits per heavy atom. The van der Waals surface area contributed by atoms with Crippen molar-refractivity contribution in [2.45, 2.75) is 26.6 Å². The monoisotopic (exact) mass is 381 g/mol. The molecule has 0 unspecified atom stereocenters. The minimum atomic E-state index is 0.0466. The molecule has 0 atom stereocenters. The Labute approximate surface area is 170 Å². The van der Waals surface area contributed by atoms with Gasteiger partial charge in [-0.3, -0.25) is 0 Å². The summed E-state index contributed by atoms with van der Waals surface area (Å²) in [5.41, 5.74) is 9.40. The highest BCUT2D eigenvalue weighted by atomic mass is 16.5. The molecule has 3 aromatic heterocycles. The number of nitrogens with zero attached hydrogens (tertiary/aromatic N) is 1. The van der Waals surface area contributed by atoms with Crippen LogP contribution in [0.15, 0.2) is 78.9 Å². The van der Waals surface area contributed by atoms with Gasteiger partial charge in [0.15, 0.2) is 0 Å². The second kappa shape index (κ2) is 7.26. The highest BCUT2D eigenvalue weighted by Gasteiger charge is 2.18. The molecule has 0 bridgehead atoms. The van der Waals surface area contributed by atoms with Gasteiger partial charge in [0.25, 0.3) is 0 Å². The number of ether oxygens (including phenoxy) is 1. The third kappa shape index (κ3) is 3.04. The number of aryl methyl sites for hydroxylation is 1. The SMILES string of the molecule is CCc1c(-c2ccc(OCc3ccccc3)cc2)c2cc(CO)cc3ccc1n32. The Kier molecular flexibility index (Phi) is 4.45. The lowest BCUT2D eigenvalue weighted by Crippen LogP contribution is -1.95. The zero-order valence-electron chi connectivity index (χ0n) is 16.4. The van der Waals surface area contributed by atoms with Crippen LogP contribution in [0.1, 0.15) is 23.6 Å². The number of benzene rings is 2. The van der Waals surface area contributed by atoms with Crippen LogP contribution in [0, 0.1) is 0 Å². The lowest BCUT2D eigenvalue weighted by molar-refractivity contribution is 0.282. The molecule has 0 aliphatic carbocycles. The summed E-state index contributed by atoms with van der Waals surface area (Å²) >= 11 is 0. The topological polar surface area (TPSA) is 33.9 Å². The van der Waals surface area contributed by atoms with Crippen LogP contribution in [0.2, 0.25) is 0 Å². The molecule has 3 heterocycles. The van der Waals surface area contributed by atoms with E-state index < -0.39 is 0 Å². The highest BCUT2D eigenvalue weighted by Crippen LogP contribution is 2.38. The molecule has 144 valence electrons. The number of hydrogen-bond acceptors (Lipinski definition) is 2. The Morgan fingerprint density at radius 1 is 0.828 bits per heavy atom. The summed E-state index contributed by atoms with van der Waals surface area (Å²) in [4.78, 5) is 0. The van der Waals surface area contributed by atoms with Crippen LogP contribution in [0.3, 0.4) is 0 Å². The average molecular weight is 381 g/mol. The van der Waals surface area contributed by atoms with E-state index in [0.717, 1.165) is 34.3 Å². The fourth-order valence-corrected chi connectivity index (χ4v) is 4.24. The van der Waals surface area contributed by atoms with E-state index in [2.05, 4.69) is 59.9 Å². The first-order valence-corrected chi connectivity index (χ1v) is 10.0. The minimum absolute atomic E-state index is 0.0466. The quantitative estimate of drug-likeness (QED) is 0.401. The molecule has 29 heavy (non-hydrogen) atoms. The van der Waals surface area contributed by atoms with Crippen LogP contribution >= 0.6 is 0 Å². The fourth-order valence-electron chi connectivity index (χ4n) is 4.24. The summed E-state index contributed by atoms with van der Waals surface area (Å²) in [5, 5.41) is 9.70. The molecule has 3 heteroatoms. The van der Waals surface area contributed by atoms with Crippen molar-refractivity contribution in [3.05, 3.63) is 95.6 Å². The first kappa shape index (κ1) is 17.8. The van der Waals surface area contributed by atoms with Gasteiger partial charge in [-0.2, -0.15) is 0 Å². The molecule has 0 saturated heterocycles. The molecule has 5 aromatic rings. The van der Waals surface area contributed by atoms with Crippen molar-refractivity contribution >= 4 is 16.6 Å². The first-order chi connectivity index (χ1) is 14.3. The Bertz CT molecular complexity index is 1250. The summed E-state index contributed by atoms with van der Waals surface area (Å²) in [5.74, 6) is 0.864. The summed E-state index contributed by atoms with van der Waals surface area (Å²) in [7, 11) is 0. The number of hydrogen-bond donors (Lipinski definition) is 1. The van der Waals surface area contributed by atoms with Gasteiger partial charge in [-0.1, -0.05) is 49.4 Å². The number of aliphatic hydroxyl groups excluding tert-OH is 1. The van der Waals surface area contributed by atoms with Gasteiger partial charge >= 0.3 is 0 Å². The zero-order chi connectivity index (χ0) is 19.8. The van der Waals surface area contributed by atoms with Crippen molar-refractivity contribution in [1.29, 1.82) is 0 Å². The number of rotatable bonds is 6. The second-order valence-corrected chi connectivity index (χ2v) is 7.39. The van der Waals surface area contributed by atoms with Gasteiger partial charge in [0.1, 0.15) is 12.4 Å². The fraction of sp³-hybridized carbons (Fsp3) is 0.154. The molecule has 0 saturated carbocycles. The molecule has 0 aliphatic heterocycles. The smallest absolute Gasteiger partial charge is 0.119 e. The van der Waals surface area contributed by atoms with E-state index in [1.807, 2.05) is 30.3 Å². The number of pyridine rings is 1. The maximum atomic E-state index is 9.70. The first-order valence-electron chi connectivity index (χ1n) is 10.0. The van der Waals surface area contributed by atoms with Crippen LogP contribution in [0.4, 0.5) is 0 Å². The van der Waals surface area contributed by atoms with Crippen molar-refractivity contribution in [2.75, 3.05) is 0 Å². The van der Waals surface area contributed by atoms with Gasteiger partial charge in [-0.15, -0.1) is 0 Å². The molecule has 0 amide bonds. The van der Waals surface area contributed by atoms with E-state index in [1.54, 1.807) is 0 Å². The summed E-state index contributed by atoms with van der Waals surface area (Å²) in [6.45, 7) is 2.81. The van der Waals surface area contributed by atoms with Crippen molar-refractivity contribution < 1.29 is 9.84 Å². The standard InChI is InChI=1S/C26H23NO2/c1-2-23-24-13-10-21-14-19(16-28)15-25(27(21)24)26(23)20-8-11-22(12-9-20)29-17-18-6-4-3-5-7-18/h3-15,28H,2,16-17H2,1H3. The van der Waals surface area contributed by atoms with Crippen molar-refractivity contribution in [1.82, 2.24) is 4.40 Å². The van der Waals surface area contributed by atoms with E-state index >= 15 is 0 Å². The molecule has 5 rings (SSSR count). The van der Waals surface area contributed by atoms with Crippen LogP contribution < -0.4 is 4.74 Å². The van der Waals surface area contributed by atoms with E-state index in [9.17, 15) is 5.11 Å². The molecule has 0 radical (unpaired) electrons. The van der Waals surface area contributed by atoms with Crippen molar-refractivity contribution in [2.24, 2.45) is 0 Å². The Hall–Kier alpha value is -3.30. The Balaban J connectivity index is 1.53. The Morgan fingerprint density at radius 2 is 1.62 bits per heavy atom. The maximum Gasteiger partial charge on any atom is 0.119 e. The predicted octanol–water partition coefficient (Wildman–Crippen LogP) is 5.83. The minimum Gasteiger partial charge on any atom is -0.489 e. The molecular formula is C26H23NO2. The molecule has 0 spiro atoms. The molecule has 3 nitrogen and oxygen atoms in total. The molecule has 2 aromatic carbocycles. The van der Waals surface area contributed by atoms with Gasteiger partial charge in [0, 0.05) is 11.1 Å². The van der Waals surface area contributed by atoms with Crippen LogP contribution in [-0.4, -0.2) is 9.51 Å². The highest BCUT2D eigenvalue weighted by molar-refractivity contribution is 5.95. The van der Waals surface area contributed by atoms with Crippen LogP contribution in [-0.2, 0) is 19.6 Å². The van der Waals surface area contributed by atoms with Crippen LogP contribution in [0.5, 0.6) is 5.75 Å². The maximum absolute atomic E-state index is 9.70. The van der Waals surface area contributed by atoms with E-state index in [0.29, 0.717) is 6.61 Å². The summed E-state index contributed by atoms with van der Waals surface area (Å²) < 4.78 is 8.25.